The van der Waals surface area contributed by atoms with Gasteiger partial charge in [-0.3, -0.25) is 14.5 Å². The Hall–Kier alpha value is -3.58. The van der Waals surface area contributed by atoms with Gasteiger partial charge in [0, 0.05) is 55.9 Å². The Bertz CT molecular complexity index is 1200. The molecule has 7 heteroatoms. The number of piperazine rings is 1. The highest BCUT2D eigenvalue weighted by Gasteiger charge is 2.19. The number of nitrogens with one attached hydrogen (secondary N) is 1. The summed E-state index contributed by atoms with van der Waals surface area (Å²) in [5.74, 6) is 0.0877. The van der Waals surface area contributed by atoms with Gasteiger partial charge in [-0.2, -0.15) is 0 Å². The van der Waals surface area contributed by atoms with Crippen LogP contribution in [0.3, 0.4) is 0 Å². The molecule has 1 saturated heterocycles. The number of carbonyl (C=O) groups is 1. The molecule has 0 saturated carbocycles. The van der Waals surface area contributed by atoms with Crippen molar-refractivity contribution in [1.29, 1.82) is 0 Å². The first kappa shape index (κ1) is 23.6. The first-order valence-electron chi connectivity index (χ1n) is 11.6. The standard InChI is InChI=1S/C27H32N4O3/c1-20-9-10-24(21(2)15-20)28-27(33)19-31-18-26(34-3)25(32)16-23(31)17-29-11-13-30(14-12-29)22-7-5-4-6-8-22/h4-10,15-16,18H,11-14,17,19H2,1-3H3,(H,28,33). The molecule has 178 valence electrons. The zero-order valence-corrected chi connectivity index (χ0v) is 20.1. The molecule has 0 bridgehead atoms. The lowest BCUT2D eigenvalue weighted by Gasteiger charge is -2.36. The van der Waals surface area contributed by atoms with Crippen molar-refractivity contribution < 1.29 is 9.53 Å². The summed E-state index contributed by atoms with van der Waals surface area (Å²) < 4.78 is 7.06. The zero-order valence-electron chi connectivity index (χ0n) is 20.1. The molecule has 2 aromatic carbocycles. The van der Waals surface area contributed by atoms with E-state index in [-0.39, 0.29) is 23.6 Å². The Morgan fingerprint density at radius 2 is 1.74 bits per heavy atom. The third-order valence-corrected chi connectivity index (χ3v) is 6.25. The number of carbonyl (C=O) groups excluding carboxylic acids is 1. The van der Waals surface area contributed by atoms with E-state index in [9.17, 15) is 9.59 Å². The minimum absolute atomic E-state index is 0.100. The molecule has 3 aromatic rings. The van der Waals surface area contributed by atoms with Gasteiger partial charge >= 0.3 is 0 Å². The molecule has 4 rings (SSSR count). The highest BCUT2D eigenvalue weighted by Crippen LogP contribution is 2.19. The number of pyridine rings is 1. The molecule has 1 amide bonds. The number of rotatable bonds is 7. The monoisotopic (exact) mass is 460 g/mol. The minimum Gasteiger partial charge on any atom is -0.491 e. The van der Waals surface area contributed by atoms with Gasteiger partial charge in [0.2, 0.25) is 11.3 Å². The van der Waals surface area contributed by atoms with Crippen LogP contribution in [0, 0.1) is 13.8 Å². The third-order valence-electron chi connectivity index (χ3n) is 6.25. The summed E-state index contributed by atoms with van der Waals surface area (Å²) in [5.41, 5.74) is 4.81. The predicted molar refractivity (Wildman–Crippen MR) is 136 cm³/mol. The fraction of sp³-hybridized carbons (Fsp3) is 0.333. The van der Waals surface area contributed by atoms with Crippen molar-refractivity contribution in [2.75, 3.05) is 43.5 Å². The fourth-order valence-electron chi connectivity index (χ4n) is 4.36. The largest absolute Gasteiger partial charge is 0.491 e. The van der Waals surface area contributed by atoms with Crippen LogP contribution in [0.4, 0.5) is 11.4 Å². The summed E-state index contributed by atoms with van der Waals surface area (Å²) in [4.78, 5) is 30.1. The van der Waals surface area contributed by atoms with E-state index < -0.39 is 0 Å². The van der Waals surface area contributed by atoms with Gasteiger partial charge in [-0.15, -0.1) is 0 Å². The van der Waals surface area contributed by atoms with Gasteiger partial charge in [-0.25, -0.2) is 0 Å². The Labute approximate surface area is 200 Å². The number of hydrogen-bond donors (Lipinski definition) is 1. The van der Waals surface area contributed by atoms with Crippen molar-refractivity contribution >= 4 is 17.3 Å². The molecule has 0 atom stereocenters. The Morgan fingerprint density at radius 3 is 2.41 bits per heavy atom. The van der Waals surface area contributed by atoms with Crippen LogP contribution in [0.15, 0.2) is 65.6 Å². The number of ether oxygens (including phenoxy) is 1. The van der Waals surface area contributed by atoms with E-state index in [2.05, 4.69) is 39.4 Å². The van der Waals surface area contributed by atoms with Gasteiger partial charge in [-0.1, -0.05) is 35.9 Å². The van der Waals surface area contributed by atoms with Gasteiger partial charge in [0.15, 0.2) is 5.75 Å². The minimum atomic E-state index is -0.175. The lowest BCUT2D eigenvalue weighted by Crippen LogP contribution is -2.46. The van der Waals surface area contributed by atoms with E-state index in [0.717, 1.165) is 48.7 Å². The van der Waals surface area contributed by atoms with E-state index >= 15 is 0 Å². The average molecular weight is 461 g/mol. The molecule has 7 nitrogen and oxygen atoms in total. The number of aryl methyl sites for hydroxylation is 2. The van der Waals surface area contributed by atoms with Crippen LogP contribution >= 0.6 is 0 Å². The number of nitrogens with zero attached hydrogens (tertiary/aromatic N) is 3. The summed E-state index contributed by atoms with van der Waals surface area (Å²) in [5, 5.41) is 2.99. The maximum atomic E-state index is 12.9. The van der Waals surface area contributed by atoms with E-state index in [0.29, 0.717) is 6.54 Å². The predicted octanol–water partition coefficient (Wildman–Crippen LogP) is 3.43. The molecule has 2 heterocycles. The molecular formula is C27H32N4O3. The number of methoxy groups -OCH3 is 1. The number of aromatic nitrogens is 1. The second-order valence-electron chi connectivity index (χ2n) is 8.79. The summed E-state index contributed by atoms with van der Waals surface area (Å²) in [6.45, 7) is 8.29. The third kappa shape index (κ3) is 5.66. The van der Waals surface area contributed by atoms with Gasteiger partial charge < -0.3 is 19.5 Å². The van der Waals surface area contributed by atoms with Crippen LogP contribution in [0.2, 0.25) is 0 Å². The van der Waals surface area contributed by atoms with E-state index in [4.69, 9.17) is 4.74 Å². The molecule has 0 unspecified atom stereocenters. The maximum Gasteiger partial charge on any atom is 0.244 e. The molecular weight excluding hydrogens is 428 g/mol. The average Bonchev–Trinajstić information content (AvgIpc) is 2.83. The van der Waals surface area contributed by atoms with Crippen LogP contribution in [0.1, 0.15) is 16.8 Å². The fourth-order valence-corrected chi connectivity index (χ4v) is 4.36. The summed E-state index contributed by atoms with van der Waals surface area (Å²) >= 11 is 0. The van der Waals surface area contributed by atoms with Gasteiger partial charge in [0.1, 0.15) is 6.54 Å². The molecule has 1 fully saturated rings. The lowest BCUT2D eigenvalue weighted by atomic mass is 10.1. The summed E-state index contributed by atoms with van der Waals surface area (Å²) in [6, 6.07) is 17.9. The van der Waals surface area contributed by atoms with E-state index in [1.54, 1.807) is 12.3 Å². The van der Waals surface area contributed by atoms with Crippen molar-refractivity contribution in [3.8, 4) is 5.75 Å². The molecule has 0 radical (unpaired) electrons. The second kappa shape index (κ2) is 10.6. The van der Waals surface area contributed by atoms with E-state index in [1.807, 2.05) is 42.7 Å². The highest BCUT2D eigenvalue weighted by atomic mass is 16.5. The quantitative estimate of drug-likeness (QED) is 0.585. The van der Waals surface area contributed by atoms with Crippen molar-refractivity contribution in [3.63, 3.8) is 0 Å². The smallest absolute Gasteiger partial charge is 0.244 e. The van der Waals surface area contributed by atoms with Gasteiger partial charge in [0.05, 0.1) is 13.3 Å². The van der Waals surface area contributed by atoms with Crippen LogP contribution in [-0.4, -0.2) is 48.7 Å². The number of benzene rings is 2. The molecule has 1 aromatic heterocycles. The first-order chi connectivity index (χ1) is 16.4. The topological polar surface area (TPSA) is 66.8 Å². The Kier molecular flexibility index (Phi) is 7.33. The van der Waals surface area contributed by atoms with Crippen LogP contribution in [0.25, 0.3) is 0 Å². The molecule has 1 aliphatic heterocycles. The SMILES string of the molecule is COc1cn(CC(=O)Nc2ccc(C)cc2C)c(CN2CCN(c3ccccc3)CC2)cc1=O. The number of amides is 1. The lowest BCUT2D eigenvalue weighted by molar-refractivity contribution is -0.116. The second-order valence-corrected chi connectivity index (χ2v) is 8.79. The van der Waals surface area contributed by atoms with Gasteiger partial charge in [0.25, 0.3) is 0 Å². The van der Waals surface area contributed by atoms with Crippen molar-refractivity contribution in [3.05, 3.63) is 87.8 Å². The maximum absolute atomic E-state index is 12.9. The number of anilines is 2. The Morgan fingerprint density at radius 1 is 1.00 bits per heavy atom. The zero-order chi connectivity index (χ0) is 24.1. The van der Waals surface area contributed by atoms with Crippen LogP contribution in [-0.2, 0) is 17.9 Å². The molecule has 1 aliphatic rings. The summed E-state index contributed by atoms with van der Waals surface area (Å²) in [7, 11) is 1.47. The Balaban J connectivity index is 1.46. The van der Waals surface area contributed by atoms with Gasteiger partial charge in [-0.05, 0) is 37.6 Å². The van der Waals surface area contributed by atoms with E-state index in [1.165, 1.54) is 12.8 Å². The van der Waals surface area contributed by atoms with Crippen molar-refractivity contribution in [2.24, 2.45) is 0 Å². The normalized spacial score (nSPS) is 14.1. The van der Waals surface area contributed by atoms with Crippen LogP contribution < -0.4 is 20.4 Å². The first-order valence-corrected chi connectivity index (χ1v) is 11.6. The van der Waals surface area contributed by atoms with Crippen molar-refractivity contribution in [2.45, 2.75) is 26.9 Å². The van der Waals surface area contributed by atoms with Crippen molar-refractivity contribution in [1.82, 2.24) is 9.47 Å². The number of para-hydroxylation sites is 1. The molecule has 0 spiro atoms. The molecule has 0 aliphatic carbocycles. The number of hydrogen-bond acceptors (Lipinski definition) is 5. The molecule has 1 N–H and O–H groups in total. The summed E-state index contributed by atoms with van der Waals surface area (Å²) in [6.07, 6.45) is 1.64. The van der Waals surface area contributed by atoms with Crippen LogP contribution in [0.5, 0.6) is 5.75 Å². The molecule has 34 heavy (non-hydrogen) atoms. The highest BCUT2D eigenvalue weighted by molar-refractivity contribution is 5.91.